The quantitative estimate of drug-likeness (QED) is 0.919. The van der Waals surface area contributed by atoms with Crippen molar-refractivity contribution in [2.75, 3.05) is 14.2 Å². The van der Waals surface area contributed by atoms with Crippen molar-refractivity contribution in [1.82, 2.24) is 0 Å². The van der Waals surface area contributed by atoms with Gasteiger partial charge in [-0.15, -0.1) is 0 Å². The molecule has 0 amide bonds. The van der Waals surface area contributed by atoms with Crippen LogP contribution in [0.1, 0.15) is 15.9 Å². The van der Waals surface area contributed by atoms with Gasteiger partial charge in [-0.25, -0.2) is 4.79 Å². The van der Waals surface area contributed by atoms with Crippen molar-refractivity contribution in [2.45, 2.75) is 6.18 Å². The topological polar surface area (TPSA) is 55.8 Å². The third kappa shape index (κ3) is 3.39. The van der Waals surface area contributed by atoms with E-state index in [9.17, 15) is 18.0 Å². The molecule has 0 saturated carbocycles. The minimum atomic E-state index is -4.50. The number of rotatable bonds is 4. The smallest absolute Gasteiger partial charge is 0.416 e. The van der Waals surface area contributed by atoms with Crippen LogP contribution in [0.15, 0.2) is 36.4 Å². The van der Waals surface area contributed by atoms with E-state index in [1.165, 1.54) is 38.5 Å². The fraction of sp³-hybridized carbons (Fsp3) is 0.188. The van der Waals surface area contributed by atoms with Gasteiger partial charge in [-0.1, -0.05) is 0 Å². The number of carboxylic acid groups (broad SMARTS) is 1. The van der Waals surface area contributed by atoms with Gasteiger partial charge in [0.15, 0.2) is 0 Å². The van der Waals surface area contributed by atoms with Crippen LogP contribution in [0.25, 0.3) is 11.1 Å². The second-order valence-electron chi connectivity index (χ2n) is 4.63. The molecule has 0 aromatic heterocycles. The van der Waals surface area contributed by atoms with Crippen LogP contribution in [0.3, 0.4) is 0 Å². The van der Waals surface area contributed by atoms with Crippen LogP contribution in [0.5, 0.6) is 11.5 Å². The highest BCUT2D eigenvalue weighted by atomic mass is 19.4. The van der Waals surface area contributed by atoms with Crippen LogP contribution in [-0.2, 0) is 6.18 Å². The summed E-state index contributed by atoms with van der Waals surface area (Å²) in [6.07, 6.45) is -4.50. The van der Waals surface area contributed by atoms with Gasteiger partial charge in [0.1, 0.15) is 11.5 Å². The van der Waals surface area contributed by atoms with E-state index in [4.69, 9.17) is 14.6 Å². The van der Waals surface area contributed by atoms with Crippen molar-refractivity contribution < 1.29 is 32.5 Å². The summed E-state index contributed by atoms with van der Waals surface area (Å²) in [6.45, 7) is 0. The van der Waals surface area contributed by atoms with Crippen LogP contribution in [0, 0.1) is 0 Å². The normalized spacial score (nSPS) is 11.2. The van der Waals surface area contributed by atoms with Gasteiger partial charge in [-0.2, -0.15) is 13.2 Å². The van der Waals surface area contributed by atoms with Crippen molar-refractivity contribution in [3.63, 3.8) is 0 Å². The van der Waals surface area contributed by atoms with Gasteiger partial charge >= 0.3 is 12.1 Å². The Hall–Kier alpha value is -2.70. The largest absolute Gasteiger partial charge is 0.496 e. The van der Waals surface area contributed by atoms with Gasteiger partial charge in [0.25, 0.3) is 0 Å². The number of aromatic carboxylic acids is 1. The molecule has 0 bridgehead atoms. The fourth-order valence-electron chi connectivity index (χ4n) is 2.14. The highest BCUT2D eigenvalue weighted by Gasteiger charge is 2.31. The van der Waals surface area contributed by atoms with Crippen LogP contribution < -0.4 is 9.47 Å². The molecule has 2 aromatic carbocycles. The number of ether oxygens (including phenoxy) is 2. The number of halogens is 3. The van der Waals surface area contributed by atoms with Gasteiger partial charge in [0, 0.05) is 11.1 Å². The summed E-state index contributed by atoms with van der Waals surface area (Å²) in [5.74, 6) is -0.798. The zero-order valence-electron chi connectivity index (χ0n) is 12.3. The summed E-state index contributed by atoms with van der Waals surface area (Å²) in [5.41, 5.74) is -0.397. The van der Waals surface area contributed by atoms with E-state index in [0.717, 1.165) is 12.1 Å². The molecule has 0 atom stereocenters. The van der Waals surface area contributed by atoms with Gasteiger partial charge in [-0.3, -0.25) is 0 Å². The van der Waals surface area contributed by atoms with Crippen LogP contribution in [-0.4, -0.2) is 25.3 Å². The Kier molecular flexibility index (Phi) is 4.49. The number of carbonyl (C=O) groups is 1. The average molecular weight is 326 g/mol. The Morgan fingerprint density at radius 2 is 1.61 bits per heavy atom. The maximum atomic E-state index is 12.9. The minimum absolute atomic E-state index is 0.0310. The van der Waals surface area contributed by atoms with Gasteiger partial charge in [-0.05, 0) is 36.4 Å². The summed E-state index contributed by atoms with van der Waals surface area (Å²) >= 11 is 0. The molecule has 0 saturated heterocycles. The number of alkyl halides is 3. The molecular formula is C16H13F3O4. The number of hydrogen-bond acceptors (Lipinski definition) is 3. The van der Waals surface area contributed by atoms with Crippen molar-refractivity contribution in [3.8, 4) is 22.6 Å². The van der Waals surface area contributed by atoms with Gasteiger partial charge in [0.05, 0.1) is 25.3 Å². The molecule has 23 heavy (non-hydrogen) atoms. The molecule has 2 rings (SSSR count). The first kappa shape index (κ1) is 16.7. The predicted molar refractivity (Wildman–Crippen MR) is 76.9 cm³/mol. The summed E-state index contributed by atoms with van der Waals surface area (Å²) in [5, 5.41) is 8.99. The minimum Gasteiger partial charge on any atom is -0.496 e. The third-order valence-corrected chi connectivity index (χ3v) is 3.27. The number of hydrogen-bond donors (Lipinski definition) is 1. The number of benzene rings is 2. The monoisotopic (exact) mass is 326 g/mol. The maximum Gasteiger partial charge on any atom is 0.416 e. The standard InChI is InChI=1S/C16H13F3O4/c1-22-13-6-4-10(16(17,18)19)8-12(13)11-5-3-9(15(20)21)7-14(11)23-2/h3-8H,1-2H3,(H,20,21). The third-order valence-electron chi connectivity index (χ3n) is 3.27. The van der Waals surface area contributed by atoms with E-state index in [1.807, 2.05) is 0 Å². The molecule has 7 heteroatoms. The first-order valence-electron chi connectivity index (χ1n) is 6.45. The summed E-state index contributed by atoms with van der Waals surface area (Å²) in [6, 6.07) is 7.00. The van der Waals surface area contributed by atoms with Crippen molar-refractivity contribution >= 4 is 5.97 Å². The molecule has 0 radical (unpaired) electrons. The molecule has 4 nitrogen and oxygen atoms in total. The first-order valence-corrected chi connectivity index (χ1v) is 6.45. The van der Waals surface area contributed by atoms with E-state index in [-0.39, 0.29) is 22.6 Å². The molecular weight excluding hydrogens is 313 g/mol. The van der Waals surface area contributed by atoms with Crippen molar-refractivity contribution in [3.05, 3.63) is 47.5 Å². The van der Waals surface area contributed by atoms with Crippen LogP contribution >= 0.6 is 0 Å². The first-order chi connectivity index (χ1) is 10.8. The van der Waals surface area contributed by atoms with Crippen LogP contribution in [0.2, 0.25) is 0 Å². The molecule has 122 valence electrons. The Morgan fingerprint density at radius 1 is 0.957 bits per heavy atom. The Morgan fingerprint density at radius 3 is 2.13 bits per heavy atom. The molecule has 0 unspecified atom stereocenters. The highest BCUT2D eigenvalue weighted by molar-refractivity contribution is 5.90. The molecule has 2 aromatic rings. The van der Waals surface area contributed by atoms with E-state index in [0.29, 0.717) is 5.56 Å². The zero-order chi connectivity index (χ0) is 17.2. The molecule has 0 fully saturated rings. The number of methoxy groups -OCH3 is 2. The van der Waals surface area contributed by atoms with E-state index >= 15 is 0 Å². The molecule has 0 heterocycles. The Bertz CT molecular complexity index is 739. The van der Waals surface area contributed by atoms with Gasteiger partial charge < -0.3 is 14.6 Å². The van der Waals surface area contributed by atoms with E-state index in [1.54, 1.807) is 0 Å². The van der Waals surface area contributed by atoms with E-state index in [2.05, 4.69) is 0 Å². The molecule has 0 aliphatic carbocycles. The summed E-state index contributed by atoms with van der Waals surface area (Å²) < 4.78 is 49.0. The number of carboxylic acids is 1. The second kappa shape index (κ2) is 6.20. The lowest BCUT2D eigenvalue weighted by Crippen LogP contribution is -2.05. The zero-order valence-corrected chi connectivity index (χ0v) is 12.3. The van der Waals surface area contributed by atoms with E-state index < -0.39 is 17.7 Å². The fourth-order valence-corrected chi connectivity index (χ4v) is 2.14. The maximum absolute atomic E-state index is 12.9. The lowest BCUT2D eigenvalue weighted by molar-refractivity contribution is -0.137. The Labute approximate surface area is 130 Å². The van der Waals surface area contributed by atoms with Crippen LogP contribution in [0.4, 0.5) is 13.2 Å². The van der Waals surface area contributed by atoms with Crippen molar-refractivity contribution in [1.29, 1.82) is 0 Å². The Balaban J connectivity index is 2.67. The molecule has 0 aliphatic rings. The predicted octanol–water partition coefficient (Wildman–Crippen LogP) is 4.09. The summed E-state index contributed by atoms with van der Waals surface area (Å²) in [4.78, 5) is 11.0. The highest BCUT2D eigenvalue weighted by Crippen LogP contribution is 2.40. The molecule has 1 N–H and O–H groups in total. The average Bonchev–Trinajstić information content (AvgIpc) is 2.52. The lowest BCUT2D eigenvalue weighted by atomic mass is 9.99. The lowest BCUT2D eigenvalue weighted by Gasteiger charge is -2.15. The van der Waals surface area contributed by atoms with Gasteiger partial charge in [0.2, 0.25) is 0 Å². The van der Waals surface area contributed by atoms with Crippen molar-refractivity contribution in [2.24, 2.45) is 0 Å². The molecule has 0 spiro atoms. The molecule has 0 aliphatic heterocycles. The SMILES string of the molecule is COc1cc(C(=O)O)ccc1-c1cc(C(F)(F)F)ccc1OC. The summed E-state index contributed by atoms with van der Waals surface area (Å²) in [7, 11) is 2.65. The second-order valence-corrected chi connectivity index (χ2v) is 4.63.